The summed E-state index contributed by atoms with van der Waals surface area (Å²) in [6.07, 6.45) is 1.59. The zero-order valence-corrected chi connectivity index (χ0v) is 13.3. The van der Waals surface area contributed by atoms with Gasteiger partial charge in [0.05, 0.1) is 28.0 Å². The van der Waals surface area contributed by atoms with Crippen molar-refractivity contribution in [2.75, 3.05) is 6.54 Å². The van der Waals surface area contributed by atoms with Crippen molar-refractivity contribution < 1.29 is 9.53 Å². The molecule has 100 valence electrons. The molecular weight excluding hydrogens is 345 g/mol. The second-order valence-electron chi connectivity index (χ2n) is 5.59. The van der Waals surface area contributed by atoms with Crippen LogP contribution in [0.15, 0.2) is 6.20 Å². The van der Waals surface area contributed by atoms with Crippen molar-refractivity contribution in [2.24, 2.45) is 0 Å². The number of fused-ring (bicyclic) bond motifs is 1. The summed E-state index contributed by atoms with van der Waals surface area (Å²) in [7, 11) is 0. The van der Waals surface area contributed by atoms with E-state index < -0.39 is 5.60 Å². The molecule has 2 heterocycles. The molecule has 1 amide bonds. The van der Waals surface area contributed by atoms with Gasteiger partial charge in [0, 0.05) is 6.54 Å². The van der Waals surface area contributed by atoms with E-state index in [-0.39, 0.29) is 12.1 Å². The third-order valence-corrected chi connectivity index (χ3v) is 3.64. The van der Waals surface area contributed by atoms with Crippen LogP contribution in [0.1, 0.15) is 39.4 Å². The molecule has 0 fully saturated rings. The van der Waals surface area contributed by atoms with Gasteiger partial charge in [-0.2, -0.15) is 5.10 Å². The summed E-state index contributed by atoms with van der Waals surface area (Å²) in [6, 6.07) is 0.185. The minimum atomic E-state index is -0.453. The Morgan fingerprint density at radius 2 is 2.22 bits per heavy atom. The van der Waals surface area contributed by atoms with Crippen LogP contribution < -0.4 is 0 Å². The summed E-state index contributed by atoms with van der Waals surface area (Å²) in [4.78, 5) is 13.8. The number of hydrogen-bond acceptors (Lipinski definition) is 3. The molecule has 0 aliphatic carbocycles. The van der Waals surface area contributed by atoms with Crippen molar-refractivity contribution >= 4 is 28.7 Å². The van der Waals surface area contributed by atoms with Gasteiger partial charge in [0.2, 0.25) is 0 Å². The van der Waals surface area contributed by atoms with Crippen LogP contribution in [-0.4, -0.2) is 32.9 Å². The Labute approximate surface area is 121 Å². The van der Waals surface area contributed by atoms with Crippen molar-refractivity contribution in [2.45, 2.75) is 45.9 Å². The summed E-state index contributed by atoms with van der Waals surface area (Å²) < 4.78 is 8.49. The summed E-state index contributed by atoms with van der Waals surface area (Å²) >= 11 is 2.25. The predicted molar refractivity (Wildman–Crippen MR) is 76.3 cm³/mol. The largest absolute Gasteiger partial charge is 0.444 e. The van der Waals surface area contributed by atoms with Crippen LogP contribution in [0, 0.1) is 3.57 Å². The summed E-state index contributed by atoms with van der Waals surface area (Å²) in [5.74, 6) is 0. The highest BCUT2D eigenvalue weighted by molar-refractivity contribution is 14.1. The maximum absolute atomic E-state index is 12.1. The van der Waals surface area contributed by atoms with Gasteiger partial charge in [0.15, 0.2) is 0 Å². The number of aromatic nitrogens is 2. The first kappa shape index (κ1) is 13.6. The van der Waals surface area contributed by atoms with Crippen LogP contribution in [0.2, 0.25) is 0 Å². The van der Waals surface area contributed by atoms with Crippen molar-refractivity contribution in [1.29, 1.82) is 0 Å². The number of carbonyl (C=O) groups is 1. The Bertz CT molecular complexity index is 464. The molecule has 18 heavy (non-hydrogen) atoms. The lowest BCUT2D eigenvalue weighted by atomic mass is 10.2. The monoisotopic (exact) mass is 363 g/mol. The molecule has 0 saturated heterocycles. The van der Waals surface area contributed by atoms with Crippen molar-refractivity contribution in [3.8, 4) is 0 Å². The van der Waals surface area contributed by atoms with Crippen molar-refractivity contribution in [3.05, 3.63) is 15.5 Å². The third kappa shape index (κ3) is 2.78. The van der Waals surface area contributed by atoms with E-state index in [1.165, 1.54) is 0 Å². The predicted octanol–water partition coefficient (Wildman–Crippen LogP) is 2.80. The lowest BCUT2D eigenvalue weighted by Crippen LogP contribution is -2.43. The van der Waals surface area contributed by atoms with Gasteiger partial charge in [-0.3, -0.25) is 4.68 Å². The molecule has 1 atom stereocenters. The van der Waals surface area contributed by atoms with Gasteiger partial charge in [-0.1, -0.05) is 0 Å². The highest BCUT2D eigenvalue weighted by Gasteiger charge is 2.30. The van der Waals surface area contributed by atoms with E-state index in [9.17, 15) is 4.79 Å². The summed E-state index contributed by atoms with van der Waals surface area (Å²) in [6.45, 7) is 8.91. The Hall–Kier alpha value is -0.790. The Balaban J connectivity index is 2.15. The number of hydrogen-bond donors (Lipinski definition) is 0. The zero-order chi connectivity index (χ0) is 13.5. The molecule has 0 N–H and O–H groups in total. The highest BCUT2D eigenvalue weighted by atomic mass is 127. The maximum atomic E-state index is 12.1. The topological polar surface area (TPSA) is 47.4 Å². The van der Waals surface area contributed by atoms with Gasteiger partial charge < -0.3 is 9.64 Å². The number of nitrogens with zero attached hydrogens (tertiary/aromatic N) is 3. The Morgan fingerprint density at radius 3 is 2.83 bits per heavy atom. The van der Waals surface area contributed by atoms with E-state index in [1.54, 1.807) is 4.90 Å². The first-order valence-corrected chi connectivity index (χ1v) is 7.05. The van der Waals surface area contributed by atoms with Crippen molar-refractivity contribution in [1.82, 2.24) is 14.7 Å². The second-order valence-corrected chi connectivity index (χ2v) is 6.76. The first-order valence-electron chi connectivity index (χ1n) is 5.98. The Morgan fingerprint density at radius 1 is 1.56 bits per heavy atom. The molecule has 2 rings (SSSR count). The van der Waals surface area contributed by atoms with Crippen LogP contribution in [-0.2, 0) is 11.3 Å². The molecule has 0 spiro atoms. The first-order chi connectivity index (χ1) is 8.28. The second kappa shape index (κ2) is 4.71. The van der Waals surface area contributed by atoms with E-state index in [0.29, 0.717) is 13.1 Å². The van der Waals surface area contributed by atoms with Crippen LogP contribution in [0.5, 0.6) is 0 Å². The van der Waals surface area contributed by atoms with E-state index in [4.69, 9.17) is 4.74 Å². The molecule has 1 aliphatic rings. The van der Waals surface area contributed by atoms with Gasteiger partial charge in [-0.05, 0) is 50.3 Å². The van der Waals surface area contributed by atoms with Gasteiger partial charge in [-0.15, -0.1) is 0 Å². The normalized spacial score (nSPS) is 19.6. The fourth-order valence-corrected chi connectivity index (χ4v) is 2.54. The number of halogens is 1. The number of amides is 1. The van der Waals surface area contributed by atoms with E-state index in [0.717, 1.165) is 9.26 Å². The molecule has 0 saturated carbocycles. The quantitative estimate of drug-likeness (QED) is 0.666. The average Bonchev–Trinajstić information content (AvgIpc) is 2.58. The summed E-state index contributed by atoms with van der Waals surface area (Å²) in [5.41, 5.74) is 0.630. The lowest BCUT2D eigenvalue weighted by Gasteiger charge is -2.33. The third-order valence-electron chi connectivity index (χ3n) is 2.74. The van der Waals surface area contributed by atoms with Gasteiger partial charge >= 0.3 is 6.09 Å². The van der Waals surface area contributed by atoms with Crippen LogP contribution in [0.3, 0.4) is 0 Å². The minimum absolute atomic E-state index is 0.185. The number of rotatable bonds is 0. The molecule has 1 aliphatic heterocycles. The van der Waals surface area contributed by atoms with E-state index >= 15 is 0 Å². The lowest BCUT2D eigenvalue weighted by molar-refractivity contribution is 0.0166. The SMILES string of the molecule is CC1CN(C(=O)OC(C)(C)C)Cc2c(I)cnn21. The molecule has 5 nitrogen and oxygen atoms in total. The Kier molecular flexibility index (Phi) is 3.57. The van der Waals surface area contributed by atoms with Gasteiger partial charge in [0.1, 0.15) is 5.60 Å². The molecule has 6 heteroatoms. The van der Waals surface area contributed by atoms with Crippen LogP contribution in [0.4, 0.5) is 4.79 Å². The van der Waals surface area contributed by atoms with E-state index in [1.807, 2.05) is 31.6 Å². The fraction of sp³-hybridized carbons (Fsp3) is 0.667. The van der Waals surface area contributed by atoms with Gasteiger partial charge in [0.25, 0.3) is 0 Å². The fourth-order valence-electron chi connectivity index (χ4n) is 2.00. The minimum Gasteiger partial charge on any atom is -0.444 e. The summed E-state index contributed by atoms with van der Waals surface area (Å²) in [5, 5.41) is 4.34. The van der Waals surface area contributed by atoms with Crippen molar-refractivity contribution in [3.63, 3.8) is 0 Å². The smallest absolute Gasteiger partial charge is 0.410 e. The molecule has 0 radical (unpaired) electrons. The maximum Gasteiger partial charge on any atom is 0.410 e. The standard InChI is InChI=1S/C12H18IN3O2/c1-8-6-15(11(17)18-12(2,3)4)7-10-9(13)5-14-16(8)10/h5,8H,6-7H2,1-4H3. The number of carbonyl (C=O) groups excluding carboxylic acids is 1. The molecule has 1 unspecified atom stereocenters. The highest BCUT2D eigenvalue weighted by Crippen LogP contribution is 2.25. The zero-order valence-electron chi connectivity index (χ0n) is 11.1. The van der Waals surface area contributed by atoms with Crippen LogP contribution in [0.25, 0.3) is 0 Å². The van der Waals surface area contributed by atoms with Gasteiger partial charge in [-0.25, -0.2) is 4.79 Å². The molecular formula is C12H18IN3O2. The molecule has 0 bridgehead atoms. The van der Waals surface area contributed by atoms with Crippen LogP contribution >= 0.6 is 22.6 Å². The molecule has 0 aromatic carbocycles. The number of ether oxygens (including phenoxy) is 1. The van der Waals surface area contributed by atoms with E-state index in [2.05, 4.69) is 34.6 Å². The average molecular weight is 363 g/mol. The molecule has 1 aromatic rings. The molecule has 1 aromatic heterocycles.